The average Bonchev–Trinajstić information content (AvgIpc) is 2.87. The number of amides is 1. The fourth-order valence-corrected chi connectivity index (χ4v) is 2.90. The Kier molecular flexibility index (Phi) is 5.70. The van der Waals surface area contributed by atoms with Crippen LogP contribution in [0.25, 0.3) is 0 Å². The predicted molar refractivity (Wildman–Crippen MR) is 88.3 cm³/mol. The number of carbonyl (C=O) groups is 1. The standard InChI is InChI=1S/C17H21ClN2O2/c1-4-8-19-15-7-6-12-10-14(18)16(11-13(12)15)22-17(21)20(3)9-5-2/h1,10-11,15,19H,5-9H2,2-3H3/t15-/m1/s1. The number of halogens is 1. The van der Waals surface area contributed by atoms with E-state index < -0.39 is 6.09 Å². The molecule has 1 N–H and O–H groups in total. The van der Waals surface area contributed by atoms with Crippen LogP contribution in [-0.4, -0.2) is 31.1 Å². The summed E-state index contributed by atoms with van der Waals surface area (Å²) in [5.74, 6) is 2.99. The highest BCUT2D eigenvalue weighted by Crippen LogP contribution is 2.38. The summed E-state index contributed by atoms with van der Waals surface area (Å²) in [5, 5.41) is 3.77. The van der Waals surface area contributed by atoms with E-state index in [1.165, 1.54) is 10.5 Å². The maximum absolute atomic E-state index is 12.0. The topological polar surface area (TPSA) is 41.6 Å². The van der Waals surface area contributed by atoms with Crippen LogP contribution in [0, 0.1) is 12.3 Å². The van der Waals surface area contributed by atoms with Gasteiger partial charge < -0.3 is 9.64 Å². The van der Waals surface area contributed by atoms with E-state index in [9.17, 15) is 4.79 Å². The van der Waals surface area contributed by atoms with Crippen LogP contribution in [0.4, 0.5) is 4.79 Å². The van der Waals surface area contributed by atoms with Gasteiger partial charge in [-0.15, -0.1) is 6.42 Å². The quantitative estimate of drug-likeness (QED) is 0.846. The number of hydrogen-bond acceptors (Lipinski definition) is 3. The first-order valence-corrected chi connectivity index (χ1v) is 7.86. The van der Waals surface area contributed by atoms with Crippen molar-refractivity contribution in [2.75, 3.05) is 20.1 Å². The van der Waals surface area contributed by atoms with Gasteiger partial charge in [-0.3, -0.25) is 5.32 Å². The molecule has 0 heterocycles. The van der Waals surface area contributed by atoms with Crippen LogP contribution in [-0.2, 0) is 6.42 Å². The van der Waals surface area contributed by atoms with Gasteiger partial charge in [-0.25, -0.2) is 4.79 Å². The number of ether oxygens (including phenoxy) is 1. The first-order valence-electron chi connectivity index (χ1n) is 7.49. The SMILES string of the molecule is C#CCN[C@@H]1CCc2cc(Cl)c(OC(=O)N(C)CCC)cc21. The molecule has 5 heteroatoms. The Morgan fingerprint density at radius 1 is 1.59 bits per heavy atom. The van der Waals surface area contributed by atoms with Gasteiger partial charge in [0.2, 0.25) is 0 Å². The summed E-state index contributed by atoms with van der Waals surface area (Å²) < 4.78 is 5.42. The monoisotopic (exact) mass is 320 g/mol. The van der Waals surface area contributed by atoms with Crippen LogP contribution < -0.4 is 10.1 Å². The molecule has 0 unspecified atom stereocenters. The lowest BCUT2D eigenvalue weighted by Gasteiger charge is -2.18. The number of rotatable bonds is 5. The zero-order valence-corrected chi connectivity index (χ0v) is 13.7. The van der Waals surface area contributed by atoms with Crippen LogP contribution in [0.1, 0.15) is 36.9 Å². The third-order valence-electron chi connectivity index (χ3n) is 3.79. The molecule has 0 fully saturated rings. The fraction of sp³-hybridized carbons (Fsp3) is 0.471. The third-order valence-corrected chi connectivity index (χ3v) is 4.09. The van der Waals surface area contributed by atoms with E-state index in [-0.39, 0.29) is 6.04 Å². The number of fused-ring (bicyclic) bond motifs is 1. The van der Waals surface area contributed by atoms with Gasteiger partial charge in [0, 0.05) is 19.6 Å². The van der Waals surface area contributed by atoms with Gasteiger partial charge in [-0.2, -0.15) is 0 Å². The highest BCUT2D eigenvalue weighted by molar-refractivity contribution is 6.32. The van der Waals surface area contributed by atoms with E-state index in [0.717, 1.165) is 24.8 Å². The van der Waals surface area contributed by atoms with E-state index in [1.54, 1.807) is 7.05 Å². The second-order valence-corrected chi connectivity index (χ2v) is 5.85. The van der Waals surface area contributed by atoms with Crippen molar-refractivity contribution in [2.24, 2.45) is 0 Å². The molecule has 0 bridgehead atoms. The Bertz CT molecular complexity index is 595. The summed E-state index contributed by atoms with van der Waals surface area (Å²) in [6, 6.07) is 3.93. The minimum atomic E-state index is -0.394. The molecule has 4 nitrogen and oxygen atoms in total. The molecular weight excluding hydrogens is 300 g/mol. The van der Waals surface area contributed by atoms with Gasteiger partial charge in [-0.05, 0) is 42.5 Å². The van der Waals surface area contributed by atoms with E-state index in [2.05, 4.69) is 11.2 Å². The molecule has 0 saturated heterocycles. The first kappa shape index (κ1) is 16.7. The molecule has 1 aromatic rings. The zero-order valence-electron chi connectivity index (χ0n) is 13.0. The summed E-state index contributed by atoms with van der Waals surface area (Å²) in [6.45, 7) is 3.17. The zero-order chi connectivity index (χ0) is 16.1. The maximum atomic E-state index is 12.0. The first-order chi connectivity index (χ1) is 10.6. The lowest BCUT2D eigenvalue weighted by Crippen LogP contribution is -2.30. The largest absolute Gasteiger partial charge is 0.415 e. The fourth-order valence-electron chi connectivity index (χ4n) is 2.68. The smallest absolute Gasteiger partial charge is 0.409 e. The Morgan fingerprint density at radius 3 is 3.05 bits per heavy atom. The third kappa shape index (κ3) is 3.73. The van der Waals surface area contributed by atoms with Crippen molar-refractivity contribution in [1.29, 1.82) is 0 Å². The van der Waals surface area contributed by atoms with Crippen LogP contribution in [0.5, 0.6) is 5.75 Å². The van der Waals surface area contributed by atoms with Crippen molar-refractivity contribution < 1.29 is 9.53 Å². The number of benzene rings is 1. The van der Waals surface area contributed by atoms with Gasteiger partial charge in [0.05, 0.1) is 11.6 Å². The Labute approximate surface area is 136 Å². The summed E-state index contributed by atoms with van der Waals surface area (Å²) in [4.78, 5) is 13.6. The molecule has 0 spiro atoms. The Morgan fingerprint density at radius 2 is 2.36 bits per heavy atom. The highest BCUT2D eigenvalue weighted by Gasteiger charge is 2.25. The number of nitrogens with one attached hydrogen (secondary N) is 1. The molecule has 118 valence electrons. The van der Waals surface area contributed by atoms with Crippen molar-refractivity contribution in [3.63, 3.8) is 0 Å². The Hall–Kier alpha value is -1.70. The molecule has 0 radical (unpaired) electrons. The lowest BCUT2D eigenvalue weighted by atomic mass is 10.1. The van der Waals surface area contributed by atoms with Gasteiger partial charge in [0.25, 0.3) is 0 Å². The van der Waals surface area contributed by atoms with Crippen LogP contribution in [0.3, 0.4) is 0 Å². The minimum Gasteiger partial charge on any atom is -0.409 e. The minimum absolute atomic E-state index is 0.189. The molecule has 1 aliphatic rings. The van der Waals surface area contributed by atoms with Crippen molar-refractivity contribution in [3.8, 4) is 18.1 Å². The summed E-state index contributed by atoms with van der Waals surface area (Å²) in [6.07, 6.45) is 7.70. The summed E-state index contributed by atoms with van der Waals surface area (Å²) >= 11 is 6.24. The number of carbonyl (C=O) groups excluding carboxylic acids is 1. The molecule has 1 aromatic carbocycles. The second kappa shape index (κ2) is 7.53. The van der Waals surface area contributed by atoms with Crippen molar-refractivity contribution in [2.45, 2.75) is 32.2 Å². The molecule has 0 aromatic heterocycles. The van der Waals surface area contributed by atoms with Gasteiger partial charge >= 0.3 is 6.09 Å². The molecule has 1 amide bonds. The Balaban J connectivity index is 2.16. The van der Waals surface area contributed by atoms with E-state index in [0.29, 0.717) is 23.9 Å². The molecule has 1 aliphatic carbocycles. The lowest BCUT2D eigenvalue weighted by molar-refractivity contribution is 0.163. The maximum Gasteiger partial charge on any atom is 0.415 e. The van der Waals surface area contributed by atoms with Crippen LogP contribution in [0.2, 0.25) is 5.02 Å². The molecule has 1 atom stereocenters. The normalized spacial score (nSPS) is 16.0. The number of nitrogens with zero attached hydrogens (tertiary/aromatic N) is 1. The molecule has 0 saturated carbocycles. The predicted octanol–water partition coefficient (Wildman–Crippen LogP) is 3.39. The molecular formula is C17H21ClN2O2. The number of terminal acetylenes is 1. The van der Waals surface area contributed by atoms with Gasteiger partial charge in [-0.1, -0.05) is 24.4 Å². The van der Waals surface area contributed by atoms with E-state index >= 15 is 0 Å². The molecule has 22 heavy (non-hydrogen) atoms. The highest BCUT2D eigenvalue weighted by atomic mass is 35.5. The van der Waals surface area contributed by atoms with E-state index in [1.807, 2.05) is 19.1 Å². The average molecular weight is 321 g/mol. The van der Waals surface area contributed by atoms with Gasteiger partial charge in [0.15, 0.2) is 5.75 Å². The summed E-state index contributed by atoms with van der Waals surface area (Å²) in [7, 11) is 1.71. The van der Waals surface area contributed by atoms with Crippen LogP contribution in [0.15, 0.2) is 12.1 Å². The second-order valence-electron chi connectivity index (χ2n) is 5.45. The number of aryl methyl sites for hydroxylation is 1. The molecule has 0 aliphatic heterocycles. The van der Waals surface area contributed by atoms with Crippen LogP contribution >= 0.6 is 11.6 Å². The van der Waals surface area contributed by atoms with Crippen molar-refractivity contribution >= 4 is 17.7 Å². The van der Waals surface area contributed by atoms with Crippen molar-refractivity contribution in [3.05, 3.63) is 28.3 Å². The van der Waals surface area contributed by atoms with Gasteiger partial charge in [0.1, 0.15) is 0 Å². The summed E-state index contributed by atoms with van der Waals surface area (Å²) in [5.41, 5.74) is 2.29. The number of hydrogen-bond donors (Lipinski definition) is 1. The molecule has 2 rings (SSSR count). The van der Waals surface area contributed by atoms with E-state index in [4.69, 9.17) is 22.8 Å². The van der Waals surface area contributed by atoms with Crippen molar-refractivity contribution in [1.82, 2.24) is 10.2 Å².